The van der Waals surface area contributed by atoms with E-state index in [1.165, 1.54) is 30.3 Å². The molecule has 9 heteroatoms. The van der Waals surface area contributed by atoms with E-state index in [0.717, 1.165) is 22.7 Å². The molecule has 0 unspecified atom stereocenters. The van der Waals surface area contributed by atoms with Gasteiger partial charge in [-0.3, -0.25) is 0 Å². The van der Waals surface area contributed by atoms with Crippen LogP contribution in [-0.4, -0.2) is 19.5 Å². The third-order valence-corrected chi connectivity index (χ3v) is 5.76. The van der Waals surface area contributed by atoms with Gasteiger partial charge in [-0.2, -0.15) is 8.42 Å². The second-order valence-corrected chi connectivity index (χ2v) is 8.26. The van der Waals surface area contributed by atoms with E-state index in [-0.39, 0.29) is 21.9 Å². The van der Waals surface area contributed by atoms with Gasteiger partial charge in [0.2, 0.25) is 0 Å². The molecule has 0 aliphatic carbocycles. The molecule has 0 spiro atoms. The lowest BCUT2D eigenvalue weighted by Gasteiger charge is -2.24. The van der Waals surface area contributed by atoms with E-state index in [1.807, 2.05) is 0 Å². The van der Waals surface area contributed by atoms with Crippen LogP contribution in [0.3, 0.4) is 0 Å². The van der Waals surface area contributed by atoms with Crippen LogP contribution in [0.2, 0.25) is 0 Å². The number of carbonyl (C=O) groups is 1. The van der Waals surface area contributed by atoms with Gasteiger partial charge in [-0.05, 0) is 60.7 Å². The van der Waals surface area contributed by atoms with Gasteiger partial charge in [-0.1, -0.05) is 26.5 Å². The van der Waals surface area contributed by atoms with Crippen molar-refractivity contribution in [3.8, 4) is 5.75 Å². The highest BCUT2D eigenvalue weighted by atomic mass is 79.9. The molecular weight excluding hydrogens is 453 g/mol. The molecule has 0 aromatic heterocycles. The number of carboxylic acid groups (broad SMARTS) is 1. The number of hydrogen-bond donors (Lipinski definition) is 1. The Balaban J connectivity index is 2.06. The second-order valence-electron chi connectivity index (χ2n) is 5.59. The first-order valence-corrected chi connectivity index (χ1v) is 10.1. The summed E-state index contributed by atoms with van der Waals surface area (Å²) in [5.74, 6) is -1.62. The molecule has 3 aromatic rings. The molecule has 0 saturated carbocycles. The van der Waals surface area contributed by atoms with E-state index in [1.54, 1.807) is 24.3 Å². The fraction of sp³-hybridized carbons (Fsp3) is 0. The summed E-state index contributed by atoms with van der Waals surface area (Å²) >= 11 is 3.28. The van der Waals surface area contributed by atoms with E-state index >= 15 is 0 Å². The van der Waals surface area contributed by atoms with Crippen molar-refractivity contribution in [1.29, 1.82) is 0 Å². The Morgan fingerprint density at radius 1 is 1.00 bits per heavy atom. The summed E-state index contributed by atoms with van der Waals surface area (Å²) in [5.41, 5.74) is -0.115. The first kappa shape index (κ1) is 19.8. The zero-order chi connectivity index (χ0) is 20.3. The first-order chi connectivity index (χ1) is 13.3. The molecule has 144 valence electrons. The average molecular weight is 466 g/mol. The SMILES string of the molecule is O=C(O)c1ccc(S(=O)(=O)N(Oc2ccc(Br)cc2)c2cccc(F)c2)cc1. The molecule has 1 N–H and O–H groups in total. The summed E-state index contributed by atoms with van der Waals surface area (Å²) in [4.78, 5) is 16.3. The monoisotopic (exact) mass is 465 g/mol. The molecule has 3 aromatic carbocycles. The van der Waals surface area contributed by atoms with Crippen LogP contribution < -0.4 is 9.31 Å². The number of sulfonamides is 1. The number of anilines is 1. The van der Waals surface area contributed by atoms with Crippen LogP contribution >= 0.6 is 15.9 Å². The van der Waals surface area contributed by atoms with Crippen LogP contribution in [0, 0.1) is 5.82 Å². The van der Waals surface area contributed by atoms with E-state index in [9.17, 15) is 17.6 Å². The van der Waals surface area contributed by atoms with Gasteiger partial charge < -0.3 is 9.94 Å². The molecule has 0 aliphatic heterocycles. The van der Waals surface area contributed by atoms with Crippen molar-refractivity contribution in [3.63, 3.8) is 0 Å². The third kappa shape index (κ3) is 4.32. The Bertz CT molecular complexity index is 1100. The first-order valence-electron chi connectivity index (χ1n) is 7.85. The predicted molar refractivity (Wildman–Crippen MR) is 104 cm³/mol. The lowest BCUT2D eigenvalue weighted by atomic mass is 10.2. The van der Waals surface area contributed by atoms with Crippen LogP contribution in [0.1, 0.15) is 10.4 Å². The largest absolute Gasteiger partial charge is 0.478 e. The lowest BCUT2D eigenvalue weighted by molar-refractivity contribution is 0.0696. The average Bonchev–Trinajstić information content (AvgIpc) is 2.67. The van der Waals surface area contributed by atoms with E-state index in [4.69, 9.17) is 9.94 Å². The molecule has 0 heterocycles. The Labute approximate surface area is 168 Å². The Morgan fingerprint density at radius 3 is 2.21 bits per heavy atom. The van der Waals surface area contributed by atoms with Crippen LogP contribution in [0.25, 0.3) is 0 Å². The van der Waals surface area contributed by atoms with Gasteiger partial charge in [0, 0.05) is 10.5 Å². The van der Waals surface area contributed by atoms with Crippen molar-refractivity contribution in [2.75, 3.05) is 4.47 Å². The Hall–Kier alpha value is -2.91. The maximum atomic E-state index is 13.7. The van der Waals surface area contributed by atoms with E-state index < -0.39 is 21.8 Å². The normalized spacial score (nSPS) is 11.1. The Morgan fingerprint density at radius 2 is 1.64 bits per heavy atom. The van der Waals surface area contributed by atoms with E-state index in [0.29, 0.717) is 4.47 Å². The van der Waals surface area contributed by atoms with Gasteiger partial charge in [-0.25, -0.2) is 9.18 Å². The van der Waals surface area contributed by atoms with E-state index in [2.05, 4.69) is 15.9 Å². The summed E-state index contributed by atoms with van der Waals surface area (Å²) in [7, 11) is -4.28. The highest BCUT2D eigenvalue weighted by Gasteiger charge is 2.28. The number of benzene rings is 3. The third-order valence-electron chi connectivity index (χ3n) is 3.64. The van der Waals surface area contributed by atoms with Crippen LogP contribution in [0.15, 0.2) is 82.2 Å². The van der Waals surface area contributed by atoms with Crippen molar-refractivity contribution in [2.24, 2.45) is 0 Å². The number of rotatable bonds is 6. The van der Waals surface area contributed by atoms with Crippen molar-refractivity contribution >= 4 is 37.6 Å². The topological polar surface area (TPSA) is 83.9 Å². The van der Waals surface area contributed by atoms with Crippen LogP contribution in [0.5, 0.6) is 5.75 Å². The molecule has 0 aliphatic rings. The molecule has 3 rings (SSSR count). The summed E-state index contributed by atoms with van der Waals surface area (Å²) in [6.45, 7) is 0. The number of nitrogens with zero attached hydrogens (tertiary/aromatic N) is 1. The molecule has 0 bridgehead atoms. The molecule has 0 radical (unpaired) electrons. The fourth-order valence-corrected chi connectivity index (χ4v) is 3.80. The van der Waals surface area contributed by atoms with Gasteiger partial charge >= 0.3 is 5.97 Å². The number of carboxylic acids is 1. The van der Waals surface area contributed by atoms with Crippen LogP contribution in [-0.2, 0) is 10.0 Å². The molecule has 0 amide bonds. The lowest BCUT2D eigenvalue weighted by Crippen LogP contribution is -2.34. The van der Waals surface area contributed by atoms with Crippen molar-refractivity contribution in [3.05, 3.63) is 88.6 Å². The van der Waals surface area contributed by atoms with Gasteiger partial charge in [0.25, 0.3) is 10.0 Å². The minimum absolute atomic E-state index is 0.0507. The Kier molecular flexibility index (Phi) is 5.66. The minimum atomic E-state index is -4.28. The van der Waals surface area contributed by atoms with Gasteiger partial charge in [0.05, 0.1) is 16.1 Å². The maximum Gasteiger partial charge on any atom is 0.335 e. The van der Waals surface area contributed by atoms with Crippen molar-refractivity contribution in [1.82, 2.24) is 0 Å². The molecular formula is C19H13BrFNO5S. The molecule has 0 saturated heterocycles. The zero-order valence-corrected chi connectivity index (χ0v) is 16.5. The summed E-state index contributed by atoms with van der Waals surface area (Å²) in [6, 6.07) is 16.0. The second kappa shape index (κ2) is 7.99. The molecule has 6 nitrogen and oxygen atoms in total. The number of halogens is 2. The smallest absolute Gasteiger partial charge is 0.335 e. The highest BCUT2D eigenvalue weighted by molar-refractivity contribution is 9.10. The molecule has 0 atom stereocenters. The summed E-state index contributed by atoms with van der Waals surface area (Å²) in [5, 5.41) is 8.98. The fourth-order valence-electron chi connectivity index (χ4n) is 2.29. The quantitative estimate of drug-likeness (QED) is 0.542. The van der Waals surface area contributed by atoms with Crippen LogP contribution in [0.4, 0.5) is 10.1 Å². The van der Waals surface area contributed by atoms with Gasteiger partial charge in [-0.15, -0.1) is 0 Å². The van der Waals surface area contributed by atoms with Crippen molar-refractivity contribution < 1.29 is 27.5 Å². The van der Waals surface area contributed by atoms with Gasteiger partial charge in [0.1, 0.15) is 5.82 Å². The summed E-state index contributed by atoms with van der Waals surface area (Å²) < 4.78 is 41.3. The zero-order valence-electron chi connectivity index (χ0n) is 14.1. The molecule has 0 fully saturated rings. The number of hydrogen-bond acceptors (Lipinski definition) is 4. The predicted octanol–water partition coefficient (Wildman–Crippen LogP) is 4.48. The maximum absolute atomic E-state index is 13.7. The standard InChI is InChI=1S/C19H13BrFNO5S/c20-14-6-8-17(9-7-14)27-22(16-3-1-2-15(21)12-16)28(25,26)18-10-4-13(5-11-18)19(23)24/h1-12H,(H,23,24). The van der Waals surface area contributed by atoms with Crippen molar-refractivity contribution in [2.45, 2.75) is 4.90 Å². The summed E-state index contributed by atoms with van der Waals surface area (Å²) in [6.07, 6.45) is 0. The minimum Gasteiger partial charge on any atom is -0.478 e. The highest BCUT2D eigenvalue weighted by Crippen LogP contribution is 2.27. The van der Waals surface area contributed by atoms with Gasteiger partial charge in [0.15, 0.2) is 5.75 Å². The molecule has 28 heavy (non-hydrogen) atoms. The number of aromatic carboxylic acids is 1.